The summed E-state index contributed by atoms with van der Waals surface area (Å²) in [5.41, 5.74) is 5.39. The molecule has 1 atom stereocenters. The van der Waals surface area contributed by atoms with Crippen molar-refractivity contribution in [1.29, 1.82) is 0 Å². The molecule has 0 radical (unpaired) electrons. The fraction of sp³-hybridized carbons (Fsp3) is 0.929. The molecule has 0 aromatic rings. The van der Waals surface area contributed by atoms with Gasteiger partial charge in [0.2, 0.25) is 0 Å². The van der Waals surface area contributed by atoms with Crippen LogP contribution in [0.1, 0.15) is 52.4 Å². The zero-order valence-corrected chi connectivity index (χ0v) is 12.2. The molecule has 1 aliphatic heterocycles. The largest absolute Gasteiger partial charge is 0.409 e. The highest BCUT2D eigenvalue weighted by molar-refractivity contribution is 5.85. The van der Waals surface area contributed by atoms with Gasteiger partial charge in [-0.2, -0.15) is 0 Å². The Hall–Kier alpha value is -0.810. The van der Waals surface area contributed by atoms with E-state index in [2.05, 4.69) is 5.16 Å². The van der Waals surface area contributed by atoms with Crippen LogP contribution in [0.4, 0.5) is 0 Å². The molecule has 1 heterocycles. The summed E-state index contributed by atoms with van der Waals surface area (Å²) >= 11 is 0. The first-order valence-corrected chi connectivity index (χ1v) is 7.23. The number of nitrogens with two attached hydrogens (primary N) is 1. The van der Waals surface area contributed by atoms with Crippen molar-refractivity contribution in [2.24, 2.45) is 16.3 Å². The van der Waals surface area contributed by atoms with Gasteiger partial charge in [0.15, 0.2) is 0 Å². The highest BCUT2D eigenvalue weighted by Crippen LogP contribution is 2.23. The minimum atomic E-state index is -0.249. The molecule has 0 saturated carbocycles. The Morgan fingerprint density at radius 3 is 2.84 bits per heavy atom. The van der Waals surface area contributed by atoms with E-state index in [1.165, 1.54) is 12.8 Å². The maximum Gasteiger partial charge on any atom is 0.144 e. The molecule has 112 valence electrons. The molecule has 0 bridgehead atoms. The van der Waals surface area contributed by atoms with Crippen LogP contribution in [-0.4, -0.2) is 37.0 Å². The number of hydrogen-bond donors (Lipinski definition) is 2. The number of amidine groups is 1. The summed E-state index contributed by atoms with van der Waals surface area (Å²) in [5, 5.41) is 11.8. The molecule has 0 aliphatic carbocycles. The van der Waals surface area contributed by atoms with E-state index in [1.54, 1.807) is 0 Å². The first kappa shape index (κ1) is 16.2. The summed E-state index contributed by atoms with van der Waals surface area (Å²) < 4.78 is 11.2. The number of nitrogens with zero attached hydrogens (tertiary/aromatic N) is 1. The summed E-state index contributed by atoms with van der Waals surface area (Å²) in [6.07, 6.45) is 6.75. The molecular weight excluding hydrogens is 244 g/mol. The van der Waals surface area contributed by atoms with Crippen LogP contribution in [0.25, 0.3) is 0 Å². The van der Waals surface area contributed by atoms with Crippen LogP contribution in [0.2, 0.25) is 0 Å². The highest BCUT2D eigenvalue weighted by Gasteiger charge is 2.22. The minimum Gasteiger partial charge on any atom is -0.409 e. The minimum absolute atomic E-state index is 0.249. The number of hydrogen-bond acceptors (Lipinski definition) is 4. The molecule has 0 aromatic heterocycles. The van der Waals surface area contributed by atoms with Crippen molar-refractivity contribution < 1.29 is 14.7 Å². The maximum absolute atomic E-state index is 8.68. The van der Waals surface area contributed by atoms with E-state index in [0.29, 0.717) is 18.5 Å². The van der Waals surface area contributed by atoms with Gasteiger partial charge >= 0.3 is 0 Å². The Morgan fingerprint density at radius 2 is 2.21 bits per heavy atom. The summed E-state index contributed by atoms with van der Waals surface area (Å²) in [6.45, 7) is 6.31. The molecule has 1 unspecified atom stereocenters. The van der Waals surface area contributed by atoms with E-state index in [4.69, 9.17) is 20.4 Å². The first-order chi connectivity index (χ1) is 9.06. The van der Waals surface area contributed by atoms with Gasteiger partial charge in [-0.15, -0.1) is 0 Å². The third-order valence-electron chi connectivity index (χ3n) is 3.72. The lowest BCUT2D eigenvalue weighted by molar-refractivity contribution is -0.0412. The average molecular weight is 272 g/mol. The van der Waals surface area contributed by atoms with E-state index < -0.39 is 0 Å². The van der Waals surface area contributed by atoms with Crippen LogP contribution in [0, 0.1) is 5.41 Å². The second kappa shape index (κ2) is 8.38. The highest BCUT2D eigenvalue weighted by atomic mass is 16.5. The predicted octanol–water partition coefficient (Wildman–Crippen LogP) is 2.52. The van der Waals surface area contributed by atoms with E-state index in [9.17, 15) is 0 Å². The van der Waals surface area contributed by atoms with Gasteiger partial charge in [-0.25, -0.2) is 0 Å². The number of rotatable bonds is 8. The Morgan fingerprint density at radius 1 is 1.42 bits per heavy atom. The molecule has 0 amide bonds. The van der Waals surface area contributed by atoms with Gasteiger partial charge in [-0.1, -0.05) is 25.4 Å². The van der Waals surface area contributed by atoms with Crippen molar-refractivity contribution in [3.63, 3.8) is 0 Å². The zero-order chi connectivity index (χ0) is 14.1. The summed E-state index contributed by atoms with van der Waals surface area (Å²) in [7, 11) is 0. The molecule has 3 N–H and O–H groups in total. The number of ether oxygens (including phenoxy) is 2. The van der Waals surface area contributed by atoms with Crippen LogP contribution >= 0.6 is 0 Å². The quantitative estimate of drug-likeness (QED) is 0.234. The third kappa shape index (κ3) is 6.25. The summed E-state index contributed by atoms with van der Waals surface area (Å²) in [4.78, 5) is 0. The first-order valence-electron chi connectivity index (χ1n) is 7.23. The van der Waals surface area contributed by atoms with Crippen LogP contribution < -0.4 is 5.73 Å². The smallest absolute Gasteiger partial charge is 0.144 e. The van der Waals surface area contributed by atoms with Gasteiger partial charge in [0, 0.05) is 18.6 Å². The molecule has 1 rings (SSSR count). The number of oxime groups is 1. The Labute approximate surface area is 116 Å². The Bertz CT molecular complexity index is 274. The number of unbranched alkanes of at least 4 members (excludes halogenated alkanes) is 1. The van der Waals surface area contributed by atoms with Crippen molar-refractivity contribution >= 4 is 5.84 Å². The molecule has 1 saturated heterocycles. The molecule has 19 heavy (non-hydrogen) atoms. The van der Waals surface area contributed by atoms with Crippen LogP contribution in [0.15, 0.2) is 5.16 Å². The second-order valence-corrected chi connectivity index (χ2v) is 5.89. The van der Waals surface area contributed by atoms with Crippen molar-refractivity contribution in [3.05, 3.63) is 0 Å². The Kier molecular flexibility index (Phi) is 7.16. The zero-order valence-electron chi connectivity index (χ0n) is 12.2. The lowest BCUT2D eigenvalue weighted by Gasteiger charge is -2.23. The molecule has 0 aromatic carbocycles. The molecule has 5 heteroatoms. The molecule has 5 nitrogen and oxygen atoms in total. The van der Waals surface area contributed by atoms with E-state index in [-0.39, 0.29) is 5.41 Å². The van der Waals surface area contributed by atoms with E-state index in [0.717, 1.165) is 38.9 Å². The van der Waals surface area contributed by atoms with Crippen molar-refractivity contribution in [2.45, 2.75) is 58.5 Å². The Balaban J connectivity index is 2.01. The van der Waals surface area contributed by atoms with Crippen LogP contribution in [-0.2, 0) is 9.47 Å². The van der Waals surface area contributed by atoms with Gasteiger partial charge in [0.25, 0.3) is 0 Å². The predicted molar refractivity (Wildman–Crippen MR) is 75.5 cm³/mol. The monoisotopic (exact) mass is 272 g/mol. The average Bonchev–Trinajstić information content (AvgIpc) is 2.42. The third-order valence-corrected chi connectivity index (χ3v) is 3.72. The topological polar surface area (TPSA) is 77.1 Å². The van der Waals surface area contributed by atoms with E-state index >= 15 is 0 Å². The second-order valence-electron chi connectivity index (χ2n) is 5.89. The maximum atomic E-state index is 8.68. The van der Waals surface area contributed by atoms with Crippen molar-refractivity contribution in [1.82, 2.24) is 0 Å². The van der Waals surface area contributed by atoms with Gasteiger partial charge in [-0.3, -0.25) is 0 Å². The summed E-state index contributed by atoms with van der Waals surface area (Å²) in [6, 6.07) is 0. The fourth-order valence-corrected chi connectivity index (χ4v) is 2.19. The standard InChI is InChI=1S/C14H28N2O3/c1-14(2,13(15)16-17)8-4-6-9-18-11-12-7-3-5-10-19-12/h12,17H,3-11H2,1-2H3,(H2,15,16). The van der Waals surface area contributed by atoms with Gasteiger partial charge in [0.1, 0.15) is 5.84 Å². The van der Waals surface area contributed by atoms with Crippen molar-refractivity contribution in [3.8, 4) is 0 Å². The fourth-order valence-electron chi connectivity index (χ4n) is 2.19. The molecule has 0 spiro atoms. The normalized spacial score (nSPS) is 21.6. The van der Waals surface area contributed by atoms with Crippen LogP contribution in [0.3, 0.4) is 0 Å². The van der Waals surface area contributed by atoms with Gasteiger partial charge in [-0.05, 0) is 32.1 Å². The van der Waals surface area contributed by atoms with E-state index in [1.807, 2.05) is 13.8 Å². The van der Waals surface area contributed by atoms with Gasteiger partial charge < -0.3 is 20.4 Å². The molecule has 1 aliphatic rings. The molecule has 1 fully saturated rings. The SMILES string of the molecule is CC(C)(CCCCOCC1CCCCO1)C(N)=NO. The van der Waals surface area contributed by atoms with Crippen molar-refractivity contribution in [2.75, 3.05) is 19.8 Å². The lowest BCUT2D eigenvalue weighted by atomic mass is 9.86. The lowest BCUT2D eigenvalue weighted by Crippen LogP contribution is -2.31. The summed E-state index contributed by atoms with van der Waals surface area (Å²) in [5.74, 6) is 0.295. The van der Waals surface area contributed by atoms with Gasteiger partial charge in [0.05, 0.1) is 12.7 Å². The molecular formula is C14H28N2O3. The van der Waals surface area contributed by atoms with Crippen LogP contribution in [0.5, 0.6) is 0 Å².